The number of hydrogen-bond donors (Lipinski definition) is 0. The van der Waals surface area contributed by atoms with E-state index in [-0.39, 0.29) is 15.9 Å². The highest BCUT2D eigenvalue weighted by Gasteiger charge is 2.16. The van der Waals surface area contributed by atoms with Crippen molar-refractivity contribution in [1.82, 2.24) is 9.55 Å². The van der Waals surface area contributed by atoms with Crippen molar-refractivity contribution >= 4 is 23.2 Å². The third kappa shape index (κ3) is 3.30. The lowest BCUT2D eigenvalue weighted by molar-refractivity contribution is 0.414. The molecule has 0 aliphatic heterocycles. The first-order valence-corrected chi connectivity index (χ1v) is 8.00. The monoisotopic (exact) mass is 360 g/mol. The minimum atomic E-state index is -0.379. The van der Waals surface area contributed by atoms with Gasteiger partial charge >= 0.3 is 0 Å². The lowest BCUT2D eigenvalue weighted by atomic mass is 10.1. The van der Waals surface area contributed by atoms with Gasteiger partial charge in [0, 0.05) is 5.56 Å². The summed E-state index contributed by atoms with van der Waals surface area (Å²) < 4.78 is 6.69. The molecule has 0 N–H and O–H groups in total. The van der Waals surface area contributed by atoms with Crippen molar-refractivity contribution in [2.45, 2.75) is 6.54 Å². The summed E-state index contributed by atoms with van der Waals surface area (Å²) in [5.41, 5.74) is 1.89. The molecule has 3 aromatic rings. The molecule has 0 fully saturated rings. The highest BCUT2D eigenvalue weighted by molar-refractivity contribution is 6.33. The molecule has 0 saturated heterocycles. The van der Waals surface area contributed by atoms with Crippen LogP contribution >= 0.6 is 23.2 Å². The highest BCUT2D eigenvalue weighted by Crippen LogP contribution is 2.27. The predicted octanol–water partition coefficient (Wildman–Crippen LogP) is 4.27. The van der Waals surface area contributed by atoms with Gasteiger partial charge in [-0.3, -0.25) is 9.36 Å². The summed E-state index contributed by atoms with van der Waals surface area (Å²) >= 11 is 12.2. The molecule has 24 heavy (non-hydrogen) atoms. The van der Waals surface area contributed by atoms with Crippen LogP contribution in [-0.4, -0.2) is 16.7 Å². The van der Waals surface area contributed by atoms with Gasteiger partial charge in [0.15, 0.2) is 10.3 Å². The predicted molar refractivity (Wildman–Crippen MR) is 96.0 cm³/mol. The molecule has 122 valence electrons. The van der Waals surface area contributed by atoms with Gasteiger partial charge in [0.05, 0.1) is 19.3 Å². The largest absolute Gasteiger partial charge is 0.497 e. The van der Waals surface area contributed by atoms with Crippen LogP contribution in [0.1, 0.15) is 5.56 Å². The topological polar surface area (TPSA) is 44.1 Å². The second kappa shape index (κ2) is 7.07. The molecule has 0 aliphatic carbocycles. The molecule has 0 amide bonds. The van der Waals surface area contributed by atoms with Crippen molar-refractivity contribution in [3.63, 3.8) is 0 Å². The SMILES string of the molecule is COc1ccc(Cn2c(-c3ccccc3)c(Cl)nc(Cl)c2=O)cc1. The molecule has 4 nitrogen and oxygen atoms in total. The fourth-order valence-electron chi connectivity index (χ4n) is 2.45. The van der Waals surface area contributed by atoms with Gasteiger partial charge in [-0.1, -0.05) is 65.7 Å². The van der Waals surface area contributed by atoms with Gasteiger partial charge in [0.1, 0.15) is 5.75 Å². The van der Waals surface area contributed by atoms with Gasteiger partial charge in [-0.2, -0.15) is 0 Å². The van der Waals surface area contributed by atoms with E-state index >= 15 is 0 Å². The Morgan fingerprint density at radius 3 is 2.29 bits per heavy atom. The normalized spacial score (nSPS) is 10.6. The molecule has 0 spiro atoms. The Morgan fingerprint density at radius 1 is 1.00 bits per heavy atom. The highest BCUT2D eigenvalue weighted by atomic mass is 35.5. The van der Waals surface area contributed by atoms with Crippen LogP contribution in [0, 0.1) is 0 Å². The van der Waals surface area contributed by atoms with Crippen LogP contribution in [0.25, 0.3) is 11.3 Å². The summed E-state index contributed by atoms with van der Waals surface area (Å²) in [6, 6.07) is 16.9. The van der Waals surface area contributed by atoms with Crippen molar-refractivity contribution in [3.8, 4) is 17.0 Å². The van der Waals surface area contributed by atoms with Crippen LogP contribution in [0.2, 0.25) is 10.3 Å². The summed E-state index contributed by atoms with van der Waals surface area (Å²) in [5, 5.41) is 0.0486. The summed E-state index contributed by atoms with van der Waals surface area (Å²) in [5.74, 6) is 0.750. The Bertz CT molecular complexity index is 907. The zero-order chi connectivity index (χ0) is 17.1. The second-order valence-electron chi connectivity index (χ2n) is 5.15. The molecule has 1 aromatic heterocycles. The van der Waals surface area contributed by atoms with Crippen LogP contribution in [0.3, 0.4) is 0 Å². The summed E-state index contributed by atoms with van der Waals surface area (Å²) in [7, 11) is 1.61. The Labute approximate surface area is 149 Å². The fraction of sp³-hybridized carbons (Fsp3) is 0.111. The maximum atomic E-state index is 12.5. The molecule has 0 radical (unpaired) electrons. The van der Waals surface area contributed by atoms with E-state index in [9.17, 15) is 4.79 Å². The van der Waals surface area contributed by atoms with Gasteiger partial charge in [-0.25, -0.2) is 4.98 Å². The molecule has 1 heterocycles. The minimum absolute atomic E-state index is 0.145. The fourth-order valence-corrected chi connectivity index (χ4v) is 2.97. The Balaban J connectivity index is 2.13. The second-order valence-corrected chi connectivity index (χ2v) is 5.86. The molecule has 0 saturated carbocycles. The number of halogens is 2. The molecular formula is C18H14Cl2N2O2. The van der Waals surface area contributed by atoms with Gasteiger partial charge in [0.2, 0.25) is 0 Å². The lowest BCUT2D eigenvalue weighted by Gasteiger charge is -2.15. The van der Waals surface area contributed by atoms with Gasteiger partial charge in [0.25, 0.3) is 5.56 Å². The van der Waals surface area contributed by atoms with E-state index in [1.54, 1.807) is 7.11 Å². The third-order valence-corrected chi connectivity index (χ3v) is 4.14. The van der Waals surface area contributed by atoms with E-state index in [0.717, 1.165) is 16.9 Å². The lowest BCUT2D eigenvalue weighted by Crippen LogP contribution is -2.24. The summed E-state index contributed by atoms with van der Waals surface area (Å²) in [4.78, 5) is 16.5. The minimum Gasteiger partial charge on any atom is -0.497 e. The number of benzene rings is 2. The molecule has 3 rings (SSSR count). The number of methoxy groups -OCH3 is 1. The molecule has 0 unspecified atom stereocenters. The van der Waals surface area contributed by atoms with Crippen LogP contribution in [0.5, 0.6) is 5.75 Å². The van der Waals surface area contributed by atoms with E-state index < -0.39 is 0 Å². The standard InChI is InChI=1S/C18H14Cl2N2O2/c1-24-14-9-7-12(8-10-14)11-22-15(13-5-3-2-4-6-13)16(19)21-17(20)18(22)23/h2-10H,11H2,1H3. The van der Waals surface area contributed by atoms with Crippen molar-refractivity contribution in [2.24, 2.45) is 0 Å². The van der Waals surface area contributed by atoms with Crippen LogP contribution in [-0.2, 0) is 6.54 Å². The first kappa shape index (κ1) is 16.6. The number of ether oxygens (including phenoxy) is 1. The Kier molecular flexibility index (Phi) is 4.88. The van der Waals surface area contributed by atoms with Gasteiger partial charge < -0.3 is 4.74 Å². The first-order chi connectivity index (χ1) is 11.6. The number of aromatic nitrogens is 2. The van der Waals surface area contributed by atoms with Crippen LogP contribution in [0.15, 0.2) is 59.4 Å². The van der Waals surface area contributed by atoms with E-state index in [2.05, 4.69) is 4.98 Å². The van der Waals surface area contributed by atoms with E-state index in [1.165, 1.54) is 4.57 Å². The van der Waals surface area contributed by atoms with Crippen molar-refractivity contribution in [2.75, 3.05) is 7.11 Å². The smallest absolute Gasteiger partial charge is 0.289 e. The molecule has 0 aliphatic rings. The molecule has 0 atom stereocenters. The summed E-state index contributed by atoms with van der Waals surface area (Å²) in [6.07, 6.45) is 0. The Morgan fingerprint density at radius 2 is 1.67 bits per heavy atom. The number of hydrogen-bond acceptors (Lipinski definition) is 3. The molecule has 0 bridgehead atoms. The van der Waals surface area contributed by atoms with Crippen molar-refractivity contribution < 1.29 is 4.74 Å². The first-order valence-electron chi connectivity index (χ1n) is 7.24. The zero-order valence-corrected chi connectivity index (χ0v) is 14.4. The zero-order valence-electron chi connectivity index (χ0n) is 12.9. The van der Waals surface area contributed by atoms with Crippen molar-refractivity contribution in [3.05, 3.63) is 80.8 Å². The maximum absolute atomic E-state index is 12.5. The van der Waals surface area contributed by atoms with E-state index in [0.29, 0.717) is 12.2 Å². The molecular weight excluding hydrogens is 347 g/mol. The average Bonchev–Trinajstić information content (AvgIpc) is 2.61. The number of rotatable bonds is 4. The summed E-state index contributed by atoms with van der Waals surface area (Å²) in [6.45, 7) is 0.328. The van der Waals surface area contributed by atoms with Crippen molar-refractivity contribution in [1.29, 1.82) is 0 Å². The van der Waals surface area contributed by atoms with Gasteiger partial charge in [-0.15, -0.1) is 0 Å². The molecule has 2 aromatic carbocycles. The van der Waals surface area contributed by atoms with Crippen LogP contribution in [0.4, 0.5) is 0 Å². The molecule has 6 heteroatoms. The maximum Gasteiger partial charge on any atom is 0.289 e. The Hall–Kier alpha value is -2.30. The quantitative estimate of drug-likeness (QED) is 0.697. The average molecular weight is 361 g/mol. The van der Waals surface area contributed by atoms with Crippen LogP contribution < -0.4 is 10.3 Å². The van der Waals surface area contributed by atoms with E-state index in [4.69, 9.17) is 27.9 Å². The van der Waals surface area contributed by atoms with Gasteiger partial charge in [-0.05, 0) is 17.7 Å². The van der Waals surface area contributed by atoms with E-state index in [1.807, 2.05) is 54.6 Å². The third-order valence-electron chi connectivity index (χ3n) is 3.63. The number of nitrogens with zero attached hydrogens (tertiary/aromatic N) is 2.